The number of hydrogen-bond acceptors (Lipinski definition) is 7. The highest BCUT2D eigenvalue weighted by Crippen LogP contribution is 2.08. The second kappa shape index (κ2) is 20.6. The predicted octanol–water partition coefficient (Wildman–Crippen LogP) is 0.802. The van der Waals surface area contributed by atoms with Crippen molar-refractivity contribution in [3.05, 3.63) is 35.9 Å². The van der Waals surface area contributed by atoms with Crippen molar-refractivity contribution in [3.63, 3.8) is 0 Å². The lowest BCUT2D eigenvalue weighted by molar-refractivity contribution is -0.140. The van der Waals surface area contributed by atoms with Gasteiger partial charge in [-0.25, -0.2) is 0 Å². The lowest BCUT2D eigenvalue weighted by Gasteiger charge is -2.22. The van der Waals surface area contributed by atoms with Crippen LogP contribution in [0.15, 0.2) is 30.3 Å². The van der Waals surface area contributed by atoms with Crippen LogP contribution in [0.5, 0.6) is 0 Å². The van der Waals surface area contributed by atoms with Crippen molar-refractivity contribution in [1.29, 1.82) is 0 Å². The van der Waals surface area contributed by atoms with Crippen LogP contribution in [0.1, 0.15) is 65.4 Å². The Balaban J connectivity index is 0.00000373. The molecule has 0 saturated heterocycles. The number of nitrogens with one attached hydrogen (secondary N) is 4. The molecule has 0 fully saturated rings. The number of unbranched alkanes of at least 4 members (excludes halogenated alkanes) is 2. The van der Waals surface area contributed by atoms with E-state index in [1.807, 2.05) is 18.2 Å². The Bertz CT molecular complexity index is 1010. The van der Waals surface area contributed by atoms with Crippen LogP contribution in [-0.2, 0) is 40.0 Å². The number of ketones is 1. The monoisotopic (exact) mass is 578 g/mol. The predicted molar refractivity (Wildman–Crippen MR) is 150 cm³/mol. The molecular weight excluding hydrogens is 536 g/mol. The highest BCUT2D eigenvalue weighted by molar-refractivity contribution is 5.94. The number of carboxylic acids is 2. The number of carbonyl (C=O) groups excluding carboxylic acids is 5. The van der Waals surface area contributed by atoms with Crippen LogP contribution in [-0.4, -0.2) is 76.7 Å². The first kappa shape index (κ1) is 36.7. The van der Waals surface area contributed by atoms with Gasteiger partial charge in [-0.1, -0.05) is 50.6 Å². The smallest absolute Gasteiger partial charge is 0.305 e. The zero-order chi connectivity index (χ0) is 31.4. The minimum atomic E-state index is -1.34. The van der Waals surface area contributed by atoms with E-state index in [0.29, 0.717) is 6.42 Å². The maximum Gasteiger partial charge on any atom is 0.305 e. The largest absolute Gasteiger partial charge is 0.481 e. The van der Waals surface area contributed by atoms with Gasteiger partial charge in [-0.2, -0.15) is 0 Å². The number of carboxylic acid groups (broad SMARTS) is 2. The van der Waals surface area contributed by atoms with E-state index in [4.69, 9.17) is 15.0 Å². The quantitative estimate of drug-likeness (QED) is 0.144. The molecule has 0 aromatic heterocycles. The second-order valence-electron chi connectivity index (χ2n) is 9.68. The van der Waals surface area contributed by atoms with Crippen LogP contribution in [0.2, 0.25) is 0 Å². The molecule has 1 aromatic carbocycles. The average molecular weight is 579 g/mol. The lowest BCUT2D eigenvalue weighted by Crippen LogP contribution is -2.54. The minimum Gasteiger partial charge on any atom is -0.481 e. The highest BCUT2D eigenvalue weighted by atomic mass is 16.4. The first-order chi connectivity index (χ1) is 19.2. The van der Waals surface area contributed by atoms with Crippen molar-refractivity contribution in [2.24, 2.45) is 5.92 Å². The number of aliphatic carboxylic acids is 2. The van der Waals surface area contributed by atoms with Crippen LogP contribution >= 0.6 is 0 Å². The van der Waals surface area contributed by atoms with Crippen molar-refractivity contribution in [2.45, 2.75) is 78.3 Å². The number of benzene rings is 1. The van der Waals surface area contributed by atoms with E-state index in [1.54, 1.807) is 13.8 Å². The first-order valence-corrected chi connectivity index (χ1v) is 13.3. The number of rotatable bonds is 17. The highest BCUT2D eigenvalue weighted by Gasteiger charge is 2.26. The van der Waals surface area contributed by atoms with Crippen LogP contribution < -0.4 is 21.3 Å². The number of Topliss-reactive ketones (excluding diaryl/α,β-unsaturated/α-hetero) is 1. The summed E-state index contributed by atoms with van der Waals surface area (Å²) in [5.74, 6) is -5.16. The van der Waals surface area contributed by atoms with Crippen molar-refractivity contribution >= 4 is 41.4 Å². The molecule has 4 amide bonds. The van der Waals surface area contributed by atoms with Crippen molar-refractivity contribution in [2.75, 3.05) is 13.1 Å². The van der Waals surface area contributed by atoms with Gasteiger partial charge in [-0.15, -0.1) is 0 Å². The Morgan fingerprint density at radius 2 is 1.37 bits per heavy atom. The maximum atomic E-state index is 12.6. The number of amides is 4. The Labute approximate surface area is 239 Å². The van der Waals surface area contributed by atoms with Gasteiger partial charge in [0.1, 0.15) is 12.1 Å². The number of hydrogen-bond donors (Lipinski definition) is 6. The van der Waals surface area contributed by atoms with E-state index >= 15 is 0 Å². The van der Waals surface area contributed by atoms with Gasteiger partial charge in [-0.3, -0.25) is 33.6 Å². The van der Waals surface area contributed by atoms with E-state index in [2.05, 4.69) is 33.4 Å². The number of aryl methyl sites for hydroxylation is 1. The topological polar surface area (TPSA) is 208 Å². The van der Waals surface area contributed by atoms with E-state index in [1.165, 1.54) is 5.56 Å². The molecule has 0 saturated carbocycles. The standard InChI is InChI=1S/C26H38N4O7.C2H4O2/c1-17(2)24(30-22(33)16-28-25(36)21(14-23(34)35)29-18(3)31)26(37)27-15-20(32)13-9-5-8-12-19-10-6-4-7-11-19;1-2(3)4/h4,6-7,10-11,17,21,24H,5,8-9,12-16H2,1-3H3,(H,27,37)(H,28,36)(H,29,31)(H,30,33)(H,34,35);1H3,(H,3,4)/t21-,24?;/m0./s1. The van der Waals surface area contributed by atoms with E-state index < -0.39 is 60.6 Å². The van der Waals surface area contributed by atoms with Crippen molar-refractivity contribution in [1.82, 2.24) is 21.3 Å². The molecule has 1 unspecified atom stereocenters. The molecule has 13 nitrogen and oxygen atoms in total. The summed E-state index contributed by atoms with van der Waals surface area (Å²) in [6, 6.07) is 7.83. The molecule has 1 aromatic rings. The summed E-state index contributed by atoms with van der Waals surface area (Å²) in [6.45, 7) is 5.00. The van der Waals surface area contributed by atoms with E-state index in [-0.39, 0.29) is 18.2 Å². The van der Waals surface area contributed by atoms with Gasteiger partial charge >= 0.3 is 5.97 Å². The number of carbonyl (C=O) groups is 7. The summed E-state index contributed by atoms with van der Waals surface area (Å²) in [5.41, 5.74) is 1.26. The van der Waals surface area contributed by atoms with Crippen molar-refractivity contribution in [3.8, 4) is 0 Å². The molecule has 0 heterocycles. The zero-order valence-electron chi connectivity index (χ0n) is 24.0. The fraction of sp³-hybridized carbons (Fsp3) is 0.536. The van der Waals surface area contributed by atoms with Gasteiger partial charge < -0.3 is 31.5 Å². The molecule has 0 spiro atoms. The van der Waals surface area contributed by atoms with Crippen molar-refractivity contribution < 1.29 is 43.8 Å². The van der Waals surface area contributed by atoms with Crippen LogP contribution in [0.4, 0.5) is 0 Å². The first-order valence-electron chi connectivity index (χ1n) is 13.3. The molecule has 41 heavy (non-hydrogen) atoms. The van der Waals surface area contributed by atoms with Gasteiger partial charge in [0.2, 0.25) is 23.6 Å². The summed E-state index contributed by atoms with van der Waals surface area (Å²) in [6.07, 6.45) is 3.27. The summed E-state index contributed by atoms with van der Waals surface area (Å²) in [4.78, 5) is 80.3. The fourth-order valence-corrected chi connectivity index (χ4v) is 3.54. The molecule has 0 radical (unpaired) electrons. The summed E-state index contributed by atoms with van der Waals surface area (Å²) in [7, 11) is 0. The Morgan fingerprint density at radius 1 is 0.780 bits per heavy atom. The molecule has 6 N–H and O–H groups in total. The molecule has 0 aliphatic carbocycles. The van der Waals surface area contributed by atoms with E-state index in [0.717, 1.165) is 39.5 Å². The lowest BCUT2D eigenvalue weighted by atomic mass is 10.0. The Kier molecular flexibility index (Phi) is 18.4. The van der Waals surface area contributed by atoms with Crippen LogP contribution in [0.25, 0.3) is 0 Å². The van der Waals surface area contributed by atoms with Gasteiger partial charge in [-0.05, 0) is 30.7 Å². The molecule has 228 valence electrons. The van der Waals surface area contributed by atoms with Gasteiger partial charge in [0, 0.05) is 20.3 Å². The summed E-state index contributed by atoms with van der Waals surface area (Å²) >= 11 is 0. The molecule has 1 rings (SSSR count). The Hall–Kier alpha value is -4.29. The molecular formula is C28H42N4O9. The van der Waals surface area contributed by atoms with Gasteiger partial charge in [0.25, 0.3) is 5.97 Å². The molecule has 0 aliphatic heterocycles. The average Bonchev–Trinajstić information content (AvgIpc) is 2.88. The third-order valence-electron chi connectivity index (χ3n) is 5.49. The maximum absolute atomic E-state index is 12.6. The fourth-order valence-electron chi connectivity index (χ4n) is 3.54. The third kappa shape index (κ3) is 19.4. The molecule has 2 atom stereocenters. The van der Waals surface area contributed by atoms with E-state index in [9.17, 15) is 28.8 Å². The SMILES string of the molecule is CC(=O)N[C@@H](CC(=O)O)C(=O)NCC(=O)NC(C(=O)NCC(=O)CCCCCc1ccccc1)C(C)C.CC(=O)O. The summed E-state index contributed by atoms with van der Waals surface area (Å²) in [5, 5.41) is 25.8. The van der Waals surface area contributed by atoms with Crippen LogP contribution in [0.3, 0.4) is 0 Å². The summed E-state index contributed by atoms with van der Waals surface area (Å²) < 4.78 is 0. The molecule has 0 aliphatic rings. The van der Waals surface area contributed by atoms with Gasteiger partial charge in [0.15, 0.2) is 5.78 Å². The second-order valence-corrected chi connectivity index (χ2v) is 9.68. The zero-order valence-corrected chi connectivity index (χ0v) is 24.0. The van der Waals surface area contributed by atoms with Crippen LogP contribution in [0, 0.1) is 5.92 Å². The third-order valence-corrected chi connectivity index (χ3v) is 5.49. The Morgan fingerprint density at radius 3 is 1.90 bits per heavy atom. The normalized spacial score (nSPS) is 11.6. The van der Waals surface area contributed by atoms with Gasteiger partial charge in [0.05, 0.1) is 19.5 Å². The molecule has 0 bridgehead atoms. The molecule has 13 heteroatoms. The minimum absolute atomic E-state index is 0.100.